The normalized spacial score (nSPS) is 17.6. The summed E-state index contributed by atoms with van der Waals surface area (Å²) in [5, 5.41) is 4.72. The van der Waals surface area contributed by atoms with Gasteiger partial charge in [-0.05, 0) is 43.9 Å². The minimum atomic E-state index is 0.962. The average Bonchev–Trinajstić information content (AvgIpc) is 2.49. The zero-order valence-electron chi connectivity index (χ0n) is 14.1. The van der Waals surface area contributed by atoms with Gasteiger partial charge in [-0.3, -0.25) is 6.20 Å². The highest BCUT2D eigenvalue weighted by atomic mass is 14.8. The molecule has 0 atom stereocenters. The first kappa shape index (κ1) is 14.8. The van der Waals surface area contributed by atoms with Crippen molar-refractivity contribution in [1.29, 1.82) is 0 Å². The first-order valence-electron chi connectivity index (χ1n) is 7.87. The van der Waals surface area contributed by atoms with Crippen LogP contribution in [0.15, 0.2) is 53.4 Å². The number of hydrogen-bond acceptors (Lipinski definition) is 0. The molecule has 0 saturated heterocycles. The van der Waals surface area contributed by atoms with Crippen LogP contribution in [-0.4, -0.2) is 0 Å². The van der Waals surface area contributed by atoms with Gasteiger partial charge in [0, 0.05) is 0 Å². The molecule has 0 unspecified atom stereocenters. The monoisotopic (exact) mass is 289 g/mol. The lowest BCUT2D eigenvalue weighted by atomic mass is 9.83. The fourth-order valence-corrected chi connectivity index (χ4v) is 3.38. The topological polar surface area (TPSA) is 14.1 Å². The number of benzene rings is 1. The predicted molar refractivity (Wildman–Crippen MR) is 95.5 cm³/mol. The Kier molecular flexibility index (Phi) is 3.74. The van der Waals surface area contributed by atoms with Crippen LogP contribution in [-0.2, 0) is 6.42 Å². The van der Waals surface area contributed by atoms with Gasteiger partial charge in [0.25, 0.3) is 0 Å². The van der Waals surface area contributed by atoms with Crippen molar-refractivity contribution < 1.29 is 0 Å². The van der Waals surface area contributed by atoms with E-state index in [0.29, 0.717) is 0 Å². The van der Waals surface area contributed by atoms with Crippen LogP contribution in [0.3, 0.4) is 0 Å². The van der Waals surface area contributed by atoms with Crippen LogP contribution in [0.4, 0.5) is 0 Å². The molecule has 0 amide bonds. The van der Waals surface area contributed by atoms with Gasteiger partial charge in [-0.1, -0.05) is 37.1 Å². The number of hydrogen-bond donors (Lipinski definition) is 0. The van der Waals surface area contributed by atoms with Crippen LogP contribution in [0.1, 0.15) is 43.0 Å². The fraction of sp³-hybridized carbons (Fsp3) is 0.286. The Morgan fingerprint density at radius 3 is 2.59 bits per heavy atom. The maximum Gasteiger partial charge on any atom is -0.0186 e. The maximum atomic E-state index is 4.72. The summed E-state index contributed by atoms with van der Waals surface area (Å²) >= 11 is 0. The Hall–Kier alpha value is -2.15. The van der Waals surface area contributed by atoms with Crippen molar-refractivity contribution in [2.75, 3.05) is 0 Å². The third-order valence-corrected chi connectivity index (χ3v) is 4.56. The summed E-state index contributed by atoms with van der Waals surface area (Å²) in [6.45, 7) is 10.8. The summed E-state index contributed by atoms with van der Waals surface area (Å²) in [6.07, 6.45) is 9.66. The van der Waals surface area contributed by atoms with E-state index >= 15 is 0 Å². The number of allylic oxidation sites excluding steroid dienone is 7. The van der Waals surface area contributed by atoms with Crippen molar-refractivity contribution in [3.63, 3.8) is 0 Å². The van der Waals surface area contributed by atoms with Crippen molar-refractivity contribution in [1.82, 2.24) is 0 Å². The molecule has 2 aliphatic rings. The molecule has 1 aromatic carbocycles. The fourth-order valence-electron chi connectivity index (χ4n) is 3.38. The highest BCUT2D eigenvalue weighted by Crippen LogP contribution is 2.36. The van der Waals surface area contributed by atoms with Crippen molar-refractivity contribution in [2.24, 2.45) is 0 Å². The molecule has 3 rings (SSSR count). The van der Waals surface area contributed by atoms with E-state index in [1.807, 2.05) is 6.20 Å². The number of rotatable bonds is 0. The minimum Gasteiger partial charge on any atom is -0.711 e. The molecule has 114 valence electrons. The molecular formula is C21H23N-2. The van der Waals surface area contributed by atoms with E-state index in [-0.39, 0.29) is 0 Å². The third kappa shape index (κ3) is 2.64. The Morgan fingerprint density at radius 2 is 1.82 bits per heavy atom. The summed E-state index contributed by atoms with van der Waals surface area (Å²) in [7, 11) is 0. The number of fused-ring (bicyclic) bond motifs is 2. The van der Waals surface area contributed by atoms with Crippen LogP contribution >= 0.6 is 0 Å². The zero-order chi connectivity index (χ0) is 15.9. The molecule has 1 heterocycles. The quantitative estimate of drug-likeness (QED) is 0.523. The first-order valence-corrected chi connectivity index (χ1v) is 7.87. The van der Waals surface area contributed by atoms with Gasteiger partial charge in [0.15, 0.2) is 0 Å². The maximum absolute atomic E-state index is 4.72. The summed E-state index contributed by atoms with van der Waals surface area (Å²) in [5.41, 5.74) is 10.4. The molecule has 1 aliphatic carbocycles. The number of aryl methyl sites for hydroxylation is 2. The number of nitrogens with zero attached hydrogens (tertiary/aromatic N) is 1. The van der Waals surface area contributed by atoms with E-state index in [1.165, 1.54) is 44.9 Å². The van der Waals surface area contributed by atoms with Gasteiger partial charge in [0.05, 0.1) is 0 Å². The van der Waals surface area contributed by atoms with Crippen molar-refractivity contribution in [2.45, 2.75) is 41.0 Å². The van der Waals surface area contributed by atoms with Crippen molar-refractivity contribution in [3.05, 3.63) is 86.9 Å². The van der Waals surface area contributed by atoms with Gasteiger partial charge >= 0.3 is 0 Å². The van der Waals surface area contributed by atoms with Crippen LogP contribution in [0.2, 0.25) is 0 Å². The molecule has 22 heavy (non-hydrogen) atoms. The second-order valence-electron chi connectivity index (χ2n) is 6.46. The summed E-state index contributed by atoms with van der Waals surface area (Å²) in [5.74, 6) is 1.35. The molecule has 0 radical (unpaired) electrons. The summed E-state index contributed by atoms with van der Waals surface area (Å²) in [4.78, 5) is 0. The highest BCUT2D eigenvalue weighted by Gasteiger charge is 2.13. The molecule has 0 aromatic heterocycles. The third-order valence-electron chi connectivity index (χ3n) is 4.56. The van der Waals surface area contributed by atoms with Crippen LogP contribution in [0, 0.1) is 19.8 Å². The van der Waals surface area contributed by atoms with Crippen LogP contribution in [0.5, 0.6) is 0 Å². The van der Waals surface area contributed by atoms with Gasteiger partial charge in [-0.25, -0.2) is 0 Å². The molecule has 0 bridgehead atoms. The largest absolute Gasteiger partial charge is 0.711 e. The summed E-state index contributed by atoms with van der Waals surface area (Å²) < 4.78 is 0. The van der Waals surface area contributed by atoms with E-state index in [4.69, 9.17) is 5.32 Å². The molecule has 1 heteroatoms. The Morgan fingerprint density at radius 1 is 1.05 bits per heavy atom. The Balaban J connectivity index is 2.19. The van der Waals surface area contributed by atoms with Crippen molar-refractivity contribution in [3.8, 4) is 0 Å². The van der Waals surface area contributed by atoms with E-state index < -0.39 is 0 Å². The molecular weight excluding hydrogens is 266 g/mol. The molecule has 1 aliphatic heterocycles. The van der Waals surface area contributed by atoms with E-state index in [0.717, 1.165) is 12.1 Å². The standard InChI is InChI=1S/C21H23N/c1-13-6-7-18-11-19-10-14(2)8-15(3)21(19)16(4)17(5)22-12-20(18)9-13/h6-10,12H,11H2,1-5H3/q-2. The van der Waals surface area contributed by atoms with E-state index in [1.54, 1.807) is 0 Å². The predicted octanol–water partition coefficient (Wildman–Crippen LogP) is 5.96. The SMILES string of the molecule is CC1=CC2=C[N-]C(C)=C(C)c3c(C)cc(C)cc3C[C-]2C=C1. The molecule has 1 nitrogen and oxygen atoms in total. The lowest BCUT2D eigenvalue weighted by molar-refractivity contribution is 1.03. The molecule has 0 saturated carbocycles. The Labute approximate surface area is 134 Å². The van der Waals surface area contributed by atoms with Gasteiger partial charge in [0.1, 0.15) is 0 Å². The highest BCUT2D eigenvalue weighted by molar-refractivity contribution is 5.75. The van der Waals surface area contributed by atoms with Crippen LogP contribution < -0.4 is 0 Å². The Bertz CT molecular complexity index is 741. The minimum absolute atomic E-state index is 0.962. The second kappa shape index (κ2) is 5.57. The molecule has 0 spiro atoms. The van der Waals surface area contributed by atoms with Gasteiger partial charge in [-0.15, -0.1) is 29.7 Å². The second-order valence-corrected chi connectivity index (χ2v) is 6.46. The average molecular weight is 289 g/mol. The molecule has 1 aromatic rings. The molecule has 0 N–H and O–H groups in total. The van der Waals surface area contributed by atoms with E-state index in [9.17, 15) is 0 Å². The van der Waals surface area contributed by atoms with Gasteiger partial charge in [0.2, 0.25) is 0 Å². The zero-order valence-corrected chi connectivity index (χ0v) is 14.1. The van der Waals surface area contributed by atoms with Gasteiger partial charge < -0.3 is 5.32 Å². The van der Waals surface area contributed by atoms with Crippen molar-refractivity contribution >= 4 is 5.57 Å². The van der Waals surface area contributed by atoms with Crippen LogP contribution in [0.25, 0.3) is 10.9 Å². The lowest BCUT2D eigenvalue weighted by Crippen LogP contribution is -2.07. The first-order chi connectivity index (χ1) is 10.5. The lowest BCUT2D eigenvalue weighted by Gasteiger charge is -2.31. The molecule has 0 fully saturated rings. The van der Waals surface area contributed by atoms with E-state index in [2.05, 4.69) is 65.0 Å². The summed E-state index contributed by atoms with van der Waals surface area (Å²) in [6, 6.07) is 4.60. The smallest absolute Gasteiger partial charge is 0.0186 e. The van der Waals surface area contributed by atoms with Gasteiger partial charge in [-0.2, -0.15) is 11.3 Å².